The molecule has 1 fully saturated rings. The van der Waals surface area contributed by atoms with Crippen molar-refractivity contribution < 1.29 is 14.6 Å². The van der Waals surface area contributed by atoms with Crippen molar-refractivity contribution in [3.05, 3.63) is 71.3 Å². The van der Waals surface area contributed by atoms with Crippen LogP contribution in [0.25, 0.3) is 0 Å². The number of nitrogens with zero attached hydrogens (tertiary/aromatic N) is 1. The Balaban J connectivity index is 1.70. The van der Waals surface area contributed by atoms with Crippen LogP contribution < -0.4 is 0 Å². The Morgan fingerprint density at radius 1 is 1.10 bits per heavy atom. The summed E-state index contributed by atoms with van der Waals surface area (Å²) < 4.78 is 5.32. The minimum atomic E-state index is -1.12. The first-order valence-corrected chi connectivity index (χ1v) is 10.7. The van der Waals surface area contributed by atoms with E-state index in [1.165, 1.54) is 0 Å². The van der Waals surface area contributed by atoms with Gasteiger partial charge in [-0.3, -0.25) is 4.79 Å². The van der Waals surface area contributed by atoms with Crippen molar-refractivity contribution >= 4 is 17.6 Å². The fourth-order valence-electron chi connectivity index (χ4n) is 4.06. The standard InChI is InChI=1S/C24H30ClNO3/c1-3-29-23(27)22(20-11-9-18(2)10-12-20)24(28)13-15-26(16-14-24)17-21(25)19-7-5-4-6-8-19/h4-12,21-22,28H,3,13-17H2,1-2H3. The highest BCUT2D eigenvalue weighted by molar-refractivity contribution is 6.21. The van der Waals surface area contributed by atoms with Crippen LogP contribution in [0.3, 0.4) is 0 Å². The van der Waals surface area contributed by atoms with Gasteiger partial charge in [0, 0.05) is 19.6 Å². The molecule has 4 nitrogen and oxygen atoms in total. The number of hydrogen-bond donors (Lipinski definition) is 1. The molecule has 2 atom stereocenters. The number of rotatable bonds is 7. The van der Waals surface area contributed by atoms with Crippen molar-refractivity contribution in [2.45, 2.75) is 43.6 Å². The summed E-state index contributed by atoms with van der Waals surface area (Å²) in [6, 6.07) is 17.8. The quantitative estimate of drug-likeness (QED) is 0.536. The van der Waals surface area contributed by atoms with Crippen molar-refractivity contribution in [1.29, 1.82) is 0 Å². The zero-order valence-corrected chi connectivity index (χ0v) is 17.9. The van der Waals surface area contributed by atoms with Crippen LogP contribution >= 0.6 is 11.6 Å². The molecule has 0 aliphatic carbocycles. The van der Waals surface area contributed by atoms with Crippen molar-refractivity contribution in [1.82, 2.24) is 4.90 Å². The van der Waals surface area contributed by atoms with Crippen LogP contribution in [-0.4, -0.2) is 47.8 Å². The molecule has 1 N–H and O–H groups in total. The Labute approximate surface area is 178 Å². The molecule has 0 saturated carbocycles. The summed E-state index contributed by atoms with van der Waals surface area (Å²) in [5.41, 5.74) is 1.91. The molecule has 2 aromatic carbocycles. The van der Waals surface area contributed by atoms with Crippen LogP contribution in [-0.2, 0) is 9.53 Å². The van der Waals surface area contributed by atoms with Gasteiger partial charge >= 0.3 is 5.97 Å². The summed E-state index contributed by atoms with van der Waals surface area (Å²) in [7, 11) is 0. The Bertz CT molecular complexity index is 786. The van der Waals surface area contributed by atoms with E-state index in [1.807, 2.05) is 61.5 Å². The maximum absolute atomic E-state index is 12.8. The van der Waals surface area contributed by atoms with E-state index in [4.69, 9.17) is 16.3 Å². The number of carbonyl (C=O) groups is 1. The molecular formula is C24H30ClNO3. The first-order chi connectivity index (χ1) is 13.9. The van der Waals surface area contributed by atoms with Gasteiger partial charge in [-0.1, -0.05) is 60.2 Å². The minimum Gasteiger partial charge on any atom is -0.465 e. The highest BCUT2D eigenvalue weighted by atomic mass is 35.5. The van der Waals surface area contributed by atoms with Crippen molar-refractivity contribution in [2.75, 3.05) is 26.2 Å². The molecule has 2 aromatic rings. The summed E-state index contributed by atoms with van der Waals surface area (Å²) >= 11 is 6.60. The molecular weight excluding hydrogens is 386 g/mol. The fraction of sp³-hybridized carbons (Fsp3) is 0.458. The van der Waals surface area contributed by atoms with E-state index in [2.05, 4.69) is 4.90 Å². The molecule has 0 amide bonds. The maximum Gasteiger partial charge on any atom is 0.316 e. The first kappa shape index (κ1) is 21.8. The van der Waals surface area contributed by atoms with Gasteiger partial charge in [0.1, 0.15) is 5.92 Å². The highest BCUT2D eigenvalue weighted by Crippen LogP contribution is 2.38. The van der Waals surface area contributed by atoms with Gasteiger partial charge in [-0.2, -0.15) is 0 Å². The number of piperidine rings is 1. The number of halogens is 1. The molecule has 5 heteroatoms. The lowest BCUT2D eigenvalue weighted by Crippen LogP contribution is -2.50. The van der Waals surface area contributed by atoms with E-state index in [0.29, 0.717) is 32.5 Å². The van der Waals surface area contributed by atoms with E-state index < -0.39 is 11.5 Å². The van der Waals surface area contributed by atoms with Crippen LogP contribution in [0.15, 0.2) is 54.6 Å². The monoisotopic (exact) mass is 415 g/mol. The van der Waals surface area contributed by atoms with Gasteiger partial charge in [-0.25, -0.2) is 0 Å². The predicted molar refractivity (Wildman–Crippen MR) is 116 cm³/mol. The van der Waals surface area contributed by atoms with E-state index in [0.717, 1.165) is 23.2 Å². The van der Waals surface area contributed by atoms with E-state index >= 15 is 0 Å². The predicted octanol–water partition coefficient (Wildman–Crippen LogP) is 4.45. The molecule has 1 aliphatic rings. The normalized spacial score (nSPS) is 18.8. The van der Waals surface area contributed by atoms with E-state index in [9.17, 15) is 9.90 Å². The van der Waals surface area contributed by atoms with Crippen molar-refractivity contribution in [3.63, 3.8) is 0 Å². The van der Waals surface area contributed by atoms with Crippen LogP contribution in [0.2, 0.25) is 0 Å². The number of aryl methyl sites for hydroxylation is 1. The van der Waals surface area contributed by atoms with E-state index in [1.54, 1.807) is 6.92 Å². The van der Waals surface area contributed by atoms with Crippen LogP contribution in [0.4, 0.5) is 0 Å². The lowest BCUT2D eigenvalue weighted by atomic mass is 9.75. The second-order valence-electron chi connectivity index (χ2n) is 7.88. The summed E-state index contributed by atoms with van der Waals surface area (Å²) in [4.78, 5) is 15.0. The maximum atomic E-state index is 12.8. The molecule has 156 valence electrons. The smallest absolute Gasteiger partial charge is 0.316 e. The molecule has 29 heavy (non-hydrogen) atoms. The van der Waals surface area contributed by atoms with Gasteiger partial charge in [0.25, 0.3) is 0 Å². The average Bonchev–Trinajstić information content (AvgIpc) is 2.72. The number of likely N-dealkylation sites (tertiary alicyclic amines) is 1. The summed E-state index contributed by atoms with van der Waals surface area (Å²) in [5.74, 6) is -1.03. The third-order valence-electron chi connectivity index (χ3n) is 5.77. The number of esters is 1. The lowest BCUT2D eigenvalue weighted by molar-refractivity contribution is -0.155. The number of hydrogen-bond acceptors (Lipinski definition) is 4. The molecule has 0 radical (unpaired) electrons. The van der Waals surface area contributed by atoms with Gasteiger partial charge in [-0.05, 0) is 37.8 Å². The lowest BCUT2D eigenvalue weighted by Gasteiger charge is -2.42. The summed E-state index contributed by atoms with van der Waals surface area (Å²) in [5, 5.41) is 11.4. The van der Waals surface area contributed by atoms with Gasteiger partial charge in [-0.15, -0.1) is 11.6 Å². The van der Waals surface area contributed by atoms with Gasteiger partial charge in [0.15, 0.2) is 0 Å². The number of aliphatic hydroxyl groups is 1. The highest BCUT2D eigenvalue weighted by Gasteiger charge is 2.45. The fourth-order valence-corrected chi connectivity index (χ4v) is 4.40. The zero-order valence-electron chi connectivity index (χ0n) is 17.2. The SMILES string of the molecule is CCOC(=O)C(c1ccc(C)cc1)C1(O)CCN(CC(Cl)c2ccccc2)CC1. The Morgan fingerprint density at radius 2 is 1.72 bits per heavy atom. The van der Waals surface area contributed by atoms with Crippen molar-refractivity contribution in [2.24, 2.45) is 0 Å². The van der Waals surface area contributed by atoms with Crippen molar-refractivity contribution in [3.8, 4) is 0 Å². The Morgan fingerprint density at radius 3 is 2.31 bits per heavy atom. The van der Waals surface area contributed by atoms with Gasteiger partial charge in [0.05, 0.1) is 17.6 Å². The molecule has 0 spiro atoms. The van der Waals surface area contributed by atoms with Gasteiger partial charge in [0.2, 0.25) is 0 Å². The topological polar surface area (TPSA) is 49.8 Å². The number of ether oxygens (including phenoxy) is 1. The van der Waals surface area contributed by atoms with Crippen LogP contribution in [0, 0.1) is 6.92 Å². The Kier molecular flexibility index (Phi) is 7.33. The largest absolute Gasteiger partial charge is 0.465 e. The average molecular weight is 416 g/mol. The molecule has 3 rings (SSSR count). The third-order valence-corrected chi connectivity index (χ3v) is 6.16. The number of benzene rings is 2. The first-order valence-electron chi connectivity index (χ1n) is 10.3. The molecule has 2 unspecified atom stereocenters. The molecule has 1 heterocycles. The summed E-state index contributed by atoms with van der Waals surface area (Å²) in [6.45, 7) is 6.19. The second-order valence-corrected chi connectivity index (χ2v) is 8.40. The number of alkyl halides is 1. The second kappa shape index (κ2) is 9.75. The molecule has 0 bridgehead atoms. The minimum absolute atomic E-state index is 0.0969. The summed E-state index contributed by atoms with van der Waals surface area (Å²) in [6.07, 6.45) is 1.01. The molecule has 0 aromatic heterocycles. The Hall–Kier alpha value is -1.88. The molecule has 1 saturated heterocycles. The number of carbonyl (C=O) groups excluding carboxylic acids is 1. The van der Waals surface area contributed by atoms with Crippen LogP contribution in [0.5, 0.6) is 0 Å². The third kappa shape index (κ3) is 5.39. The van der Waals surface area contributed by atoms with E-state index in [-0.39, 0.29) is 11.3 Å². The zero-order chi connectivity index (χ0) is 20.9. The van der Waals surface area contributed by atoms with Crippen LogP contribution in [0.1, 0.15) is 47.8 Å². The molecule has 1 aliphatic heterocycles. The van der Waals surface area contributed by atoms with Gasteiger partial charge < -0.3 is 14.7 Å².